The van der Waals surface area contributed by atoms with Crippen LogP contribution in [0.2, 0.25) is 0 Å². The van der Waals surface area contributed by atoms with Crippen molar-refractivity contribution >= 4 is 17.7 Å². The summed E-state index contributed by atoms with van der Waals surface area (Å²) in [5.74, 6) is 0.112. The van der Waals surface area contributed by atoms with Gasteiger partial charge in [-0.15, -0.1) is 11.8 Å². The van der Waals surface area contributed by atoms with Gasteiger partial charge in [0.2, 0.25) is 5.91 Å². The molecule has 1 aromatic rings. The van der Waals surface area contributed by atoms with Crippen LogP contribution in [0.15, 0.2) is 29.2 Å². The van der Waals surface area contributed by atoms with Crippen LogP contribution >= 0.6 is 11.8 Å². The number of carbonyl (C=O) groups excluding carboxylic acids is 1. The van der Waals surface area contributed by atoms with E-state index in [4.69, 9.17) is 5.26 Å². The Balaban J connectivity index is 1.86. The number of hydrogen-bond acceptors (Lipinski definition) is 3. The minimum absolute atomic E-state index is 0.103. The Hall–Kier alpha value is -1.47. The number of nitrogens with zero attached hydrogens (tertiary/aromatic N) is 1. The molecule has 100 valence electrons. The van der Waals surface area contributed by atoms with Gasteiger partial charge in [-0.05, 0) is 44.0 Å². The second-order valence-electron chi connectivity index (χ2n) is 4.89. The van der Waals surface area contributed by atoms with E-state index in [1.54, 1.807) is 12.1 Å². The van der Waals surface area contributed by atoms with Crippen molar-refractivity contribution in [1.82, 2.24) is 5.32 Å². The summed E-state index contributed by atoms with van der Waals surface area (Å²) in [5.41, 5.74) is 0.646. The number of nitriles is 1. The average molecular weight is 274 g/mol. The van der Waals surface area contributed by atoms with Crippen molar-refractivity contribution in [1.29, 1.82) is 5.26 Å². The Kier molecular flexibility index (Phi) is 4.86. The quantitative estimate of drug-likeness (QED) is 0.858. The zero-order chi connectivity index (χ0) is 13.7. The topological polar surface area (TPSA) is 52.9 Å². The smallest absolute Gasteiger partial charge is 0.233 e. The van der Waals surface area contributed by atoms with Crippen molar-refractivity contribution in [3.8, 4) is 6.07 Å². The van der Waals surface area contributed by atoms with Gasteiger partial charge in [-0.3, -0.25) is 4.79 Å². The predicted octanol–water partition coefficient (Wildman–Crippen LogP) is 3.10. The summed E-state index contributed by atoms with van der Waals surface area (Å²) in [6, 6.07) is 9.81. The summed E-state index contributed by atoms with van der Waals surface area (Å²) in [6.07, 6.45) is 4.67. The summed E-state index contributed by atoms with van der Waals surface area (Å²) >= 11 is 1.53. The number of amides is 1. The second-order valence-corrected chi connectivity index (χ2v) is 6.30. The third-order valence-electron chi connectivity index (χ3n) is 3.37. The summed E-state index contributed by atoms with van der Waals surface area (Å²) in [5, 5.41) is 11.7. The van der Waals surface area contributed by atoms with Gasteiger partial charge in [-0.2, -0.15) is 5.26 Å². The van der Waals surface area contributed by atoms with E-state index in [1.807, 2.05) is 19.1 Å². The minimum atomic E-state index is -0.103. The number of benzene rings is 1. The van der Waals surface area contributed by atoms with Gasteiger partial charge in [-0.25, -0.2) is 0 Å². The van der Waals surface area contributed by atoms with Crippen LogP contribution in [0.3, 0.4) is 0 Å². The molecule has 1 fully saturated rings. The largest absolute Gasteiger partial charge is 0.352 e. The van der Waals surface area contributed by atoms with Crippen LogP contribution in [0.4, 0.5) is 0 Å². The lowest BCUT2D eigenvalue weighted by Crippen LogP contribution is -2.37. The number of nitrogens with one attached hydrogen (secondary N) is 1. The van der Waals surface area contributed by atoms with E-state index in [0.717, 1.165) is 17.7 Å². The molecule has 1 N–H and O–H groups in total. The molecule has 1 unspecified atom stereocenters. The highest BCUT2D eigenvalue weighted by atomic mass is 32.2. The molecule has 0 heterocycles. The predicted molar refractivity (Wildman–Crippen MR) is 76.9 cm³/mol. The van der Waals surface area contributed by atoms with E-state index >= 15 is 0 Å². The van der Waals surface area contributed by atoms with Crippen LogP contribution in [-0.2, 0) is 4.79 Å². The first-order valence-electron chi connectivity index (χ1n) is 6.66. The molecular weight excluding hydrogens is 256 g/mol. The van der Waals surface area contributed by atoms with Crippen molar-refractivity contribution in [2.45, 2.75) is 48.8 Å². The fourth-order valence-electron chi connectivity index (χ4n) is 2.25. The van der Waals surface area contributed by atoms with Gasteiger partial charge in [0, 0.05) is 10.9 Å². The molecule has 1 saturated carbocycles. The summed E-state index contributed by atoms with van der Waals surface area (Å²) in [4.78, 5) is 13.1. The van der Waals surface area contributed by atoms with Crippen LogP contribution in [0.25, 0.3) is 0 Å². The maximum Gasteiger partial charge on any atom is 0.233 e. The van der Waals surface area contributed by atoms with Crippen LogP contribution in [0, 0.1) is 11.3 Å². The second kappa shape index (κ2) is 6.63. The Morgan fingerprint density at radius 3 is 2.58 bits per heavy atom. The molecule has 3 nitrogen and oxygen atoms in total. The molecule has 1 amide bonds. The average Bonchev–Trinajstić information content (AvgIpc) is 2.92. The van der Waals surface area contributed by atoms with Crippen molar-refractivity contribution < 1.29 is 4.79 Å². The Morgan fingerprint density at radius 1 is 1.37 bits per heavy atom. The minimum Gasteiger partial charge on any atom is -0.352 e. The Labute approximate surface area is 118 Å². The molecule has 0 aliphatic heterocycles. The zero-order valence-electron chi connectivity index (χ0n) is 11.1. The van der Waals surface area contributed by atoms with E-state index in [9.17, 15) is 4.79 Å². The van der Waals surface area contributed by atoms with Gasteiger partial charge in [0.05, 0.1) is 16.9 Å². The van der Waals surface area contributed by atoms with Crippen LogP contribution in [0.5, 0.6) is 0 Å². The number of rotatable bonds is 4. The molecular formula is C15H18N2OS. The molecule has 0 spiro atoms. The fraction of sp³-hybridized carbons (Fsp3) is 0.467. The highest BCUT2D eigenvalue weighted by molar-refractivity contribution is 8.00. The van der Waals surface area contributed by atoms with Gasteiger partial charge >= 0.3 is 0 Å². The third kappa shape index (κ3) is 4.00. The fourth-order valence-corrected chi connectivity index (χ4v) is 3.13. The molecule has 4 heteroatoms. The lowest BCUT2D eigenvalue weighted by molar-refractivity contribution is -0.120. The van der Waals surface area contributed by atoms with E-state index < -0.39 is 0 Å². The van der Waals surface area contributed by atoms with Gasteiger partial charge in [0.15, 0.2) is 0 Å². The molecule has 0 saturated heterocycles. The first-order chi connectivity index (χ1) is 9.19. The summed E-state index contributed by atoms with van der Waals surface area (Å²) < 4.78 is 0. The van der Waals surface area contributed by atoms with Crippen molar-refractivity contribution in [3.05, 3.63) is 29.8 Å². The molecule has 0 radical (unpaired) electrons. The Morgan fingerprint density at radius 2 is 2.00 bits per heavy atom. The molecule has 1 atom stereocenters. The highest BCUT2D eigenvalue weighted by Crippen LogP contribution is 2.24. The first-order valence-corrected chi connectivity index (χ1v) is 7.54. The van der Waals surface area contributed by atoms with Gasteiger partial charge in [-0.1, -0.05) is 12.8 Å². The monoisotopic (exact) mass is 274 g/mol. The lowest BCUT2D eigenvalue weighted by atomic mass is 10.2. The summed E-state index contributed by atoms with van der Waals surface area (Å²) in [6.45, 7) is 1.92. The normalized spacial score (nSPS) is 16.8. The van der Waals surface area contributed by atoms with Crippen molar-refractivity contribution in [2.24, 2.45) is 0 Å². The van der Waals surface area contributed by atoms with E-state index in [2.05, 4.69) is 11.4 Å². The molecule has 1 aliphatic carbocycles. The maximum absolute atomic E-state index is 12.0. The van der Waals surface area contributed by atoms with Gasteiger partial charge in [0.25, 0.3) is 0 Å². The van der Waals surface area contributed by atoms with E-state index in [1.165, 1.54) is 24.6 Å². The van der Waals surface area contributed by atoms with Crippen LogP contribution < -0.4 is 5.32 Å². The van der Waals surface area contributed by atoms with Crippen molar-refractivity contribution in [2.75, 3.05) is 0 Å². The molecule has 2 rings (SSSR count). The maximum atomic E-state index is 12.0. The van der Waals surface area contributed by atoms with Gasteiger partial charge in [0.1, 0.15) is 0 Å². The van der Waals surface area contributed by atoms with E-state index in [-0.39, 0.29) is 11.2 Å². The van der Waals surface area contributed by atoms with Gasteiger partial charge < -0.3 is 5.32 Å². The first kappa shape index (κ1) is 14.0. The zero-order valence-corrected chi connectivity index (χ0v) is 11.9. The van der Waals surface area contributed by atoms with Crippen LogP contribution in [-0.4, -0.2) is 17.2 Å². The number of hydrogen-bond donors (Lipinski definition) is 1. The summed E-state index contributed by atoms with van der Waals surface area (Å²) in [7, 11) is 0. The molecule has 1 aliphatic rings. The Bertz CT molecular complexity index is 472. The number of thioether (sulfide) groups is 1. The number of carbonyl (C=O) groups is 1. The lowest BCUT2D eigenvalue weighted by Gasteiger charge is -2.16. The highest BCUT2D eigenvalue weighted by Gasteiger charge is 2.21. The molecule has 19 heavy (non-hydrogen) atoms. The molecule has 0 bridgehead atoms. The van der Waals surface area contributed by atoms with Crippen LogP contribution in [0.1, 0.15) is 38.2 Å². The molecule has 1 aromatic carbocycles. The van der Waals surface area contributed by atoms with Crippen molar-refractivity contribution in [3.63, 3.8) is 0 Å². The molecule has 0 aromatic heterocycles. The standard InChI is InChI=1S/C15H18N2OS/c1-11(15(18)17-13-4-2-3-5-13)19-14-8-6-12(10-16)7-9-14/h6-9,11,13H,2-5H2,1H3,(H,17,18). The van der Waals surface area contributed by atoms with E-state index in [0.29, 0.717) is 11.6 Å². The SMILES string of the molecule is CC(Sc1ccc(C#N)cc1)C(=O)NC1CCCC1. The third-order valence-corrected chi connectivity index (χ3v) is 4.48.